The second kappa shape index (κ2) is 4.49. The molecule has 0 radical (unpaired) electrons. The highest BCUT2D eigenvalue weighted by Gasteiger charge is 2.03. The quantitative estimate of drug-likeness (QED) is 0.536. The molecule has 0 saturated carbocycles. The maximum atomic E-state index is 10.5. The molecule has 0 aliphatic rings. The maximum Gasteiger partial charge on any atom is 0.601 e. The third-order valence-corrected chi connectivity index (χ3v) is 1.14. The van der Waals surface area contributed by atoms with Crippen LogP contribution in [0, 0.1) is 0 Å². The molecule has 0 bridgehead atoms. The van der Waals surface area contributed by atoms with Crippen molar-refractivity contribution < 1.29 is 13.9 Å². The SMILES string of the molecule is CCOC(=O)[NH+]=S(C)C. The molecule has 0 aromatic rings. The van der Waals surface area contributed by atoms with E-state index in [1.165, 1.54) is 0 Å². The number of hydrogen-bond acceptors (Lipinski definition) is 2. The zero-order chi connectivity index (χ0) is 7.28. The molecule has 0 saturated heterocycles. The van der Waals surface area contributed by atoms with Gasteiger partial charge in [0.1, 0.15) is 0 Å². The molecule has 0 heterocycles. The normalized spacial score (nSPS) is 9.33. The molecule has 4 heteroatoms. The molecule has 0 unspecified atom stereocenters. The highest BCUT2D eigenvalue weighted by Crippen LogP contribution is 1.66. The minimum absolute atomic E-state index is 0.0717. The van der Waals surface area contributed by atoms with Crippen molar-refractivity contribution in [3.8, 4) is 0 Å². The molecule has 0 atom stereocenters. The number of hydrogen-bond donors (Lipinski definition) is 1. The van der Waals surface area contributed by atoms with Gasteiger partial charge in [-0.15, -0.1) is 4.36 Å². The first-order valence-corrected chi connectivity index (χ1v) is 4.72. The van der Waals surface area contributed by atoms with Crippen LogP contribution in [0.5, 0.6) is 0 Å². The number of nitrogens with one attached hydrogen (secondary N) is 1. The largest absolute Gasteiger partial charge is 0.601 e. The highest BCUT2D eigenvalue weighted by molar-refractivity contribution is 7.83. The average molecular weight is 150 g/mol. The Kier molecular flexibility index (Phi) is 4.30. The maximum absolute atomic E-state index is 10.5. The van der Waals surface area contributed by atoms with E-state index < -0.39 is 0 Å². The molecule has 9 heavy (non-hydrogen) atoms. The van der Waals surface area contributed by atoms with E-state index in [0.29, 0.717) is 6.61 Å². The molecule has 0 aliphatic heterocycles. The highest BCUT2D eigenvalue weighted by atomic mass is 32.2. The van der Waals surface area contributed by atoms with Gasteiger partial charge in [-0.2, -0.15) is 4.79 Å². The van der Waals surface area contributed by atoms with Gasteiger partial charge in [0.25, 0.3) is 0 Å². The first-order valence-electron chi connectivity index (χ1n) is 2.67. The van der Waals surface area contributed by atoms with E-state index in [4.69, 9.17) is 0 Å². The summed E-state index contributed by atoms with van der Waals surface area (Å²) in [4.78, 5) is 10.5. The van der Waals surface area contributed by atoms with E-state index in [-0.39, 0.29) is 16.8 Å². The van der Waals surface area contributed by atoms with E-state index in [2.05, 4.69) is 9.10 Å². The van der Waals surface area contributed by atoms with Crippen molar-refractivity contribution in [1.29, 1.82) is 0 Å². The van der Waals surface area contributed by atoms with E-state index in [1.54, 1.807) is 6.92 Å². The minimum atomic E-state index is -0.328. The molecule has 3 nitrogen and oxygen atoms in total. The molecule has 1 amide bonds. The Bertz CT molecular complexity index is 129. The standard InChI is InChI=1S/C5H11NO2S/c1-4-8-5(7)6-9(2)3/h4H2,1-3H3/p+1. The molecular formula is C5H12NO2S+. The van der Waals surface area contributed by atoms with Crippen LogP contribution in [-0.4, -0.2) is 25.2 Å². The summed E-state index contributed by atoms with van der Waals surface area (Å²) in [6.45, 7) is 2.21. The van der Waals surface area contributed by atoms with E-state index in [1.807, 2.05) is 12.5 Å². The predicted octanol–water partition coefficient (Wildman–Crippen LogP) is -0.715. The van der Waals surface area contributed by atoms with Crippen molar-refractivity contribution in [2.45, 2.75) is 6.92 Å². The van der Waals surface area contributed by atoms with Crippen LogP contribution in [0.4, 0.5) is 4.79 Å². The summed E-state index contributed by atoms with van der Waals surface area (Å²) in [5, 5.41) is 0. The van der Waals surface area contributed by atoms with Crippen LogP contribution in [0.1, 0.15) is 6.92 Å². The molecule has 0 spiro atoms. The Balaban J connectivity index is 3.63. The van der Waals surface area contributed by atoms with Crippen molar-refractivity contribution >= 4 is 16.8 Å². The molecule has 0 rings (SSSR count). The summed E-state index contributed by atoms with van der Waals surface area (Å²) < 4.78 is 7.22. The summed E-state index contributed by atoms with van der Waals surface area (Å²) in [7, 11) is -0.0717. The second-order valence-electron chi connectivity index (χ2n) is 1.64. The molecule has 0 aromatic heterocycles. The molecule has 0 fully saturated rings. The Morgan fingerprint density at radius 3 is 2.56 bits per heavy atom. The van der Waals surface area contributed by atoms with Crippen LogP contribution in [0.2, 0.25) is 0 Å². The Morgan fingerprint density at radius 1 is 1.67 bits per heavy atom. The molecule has 0 aromatic carbocycles. The molecule has 0 aliphatic carbocycles. The van der Waals surface area contributed by atoms with Crippen molar-refractivity contribution in [2.24, 2.45) is 0 Å². The van der Waals surface area contributed by atoms with Gasteiger partial charge in [-0.05, 0) is 6.92 Å². The third-order valence-electron chi connectivity index (χ3n) is 0.563. The zero-order valence-electron chi connectivity index (χ0n) is 5.93. The van der Waals surface area contributed by atoms with Crippen LogP contribution in [0.15, 0.2) is 0 Å². The van der Waals surface area contributed by atoms with Crippen LogP contribution in [-0.2, 0) is 15.4 Å². The first-order chi connectivity index (χ1) is 4.16. The smallest absolute Gasteiger partial charge is 0.412 e. The van der Waals surface area contributed by atoms with Gasteiger partial charge in [0.15, 0.2) is 0 Å². The fourth-order valence-corrected chi connectivity index (χ4v) is 0.719. The van der Waals surface area contributed by atoms with Crippen LogP contribution >= 0.6 is 0 Å². The van der Waals surface area contributed by atoms with E-state index in [9.17, 15) is 4.79 Å². The molecule has 1 N–H and O–H groups in total. The first kappa shape index (κ1) is 8.62. The van der Waals surface area contributed by atoms with Gasteiger partial charge in [-0.1, -0.05) is 0 Å². The lowest BCUT2D eigenvalue weighted by Gasteiger charge is -1.87. The summed E-state index contributed by atoms with van der Waals surface area (Å²) >= 11 is 0. The summed E-state index contributed by atoms with van der Waals surface area (Å²) in [6, 6.07) is 0. The van der Waals surface area contributed by atoms with Gasteiger partial charge in [-0.3, -0.25) is 0 Å². The topological polar surface area (TPSA) is 40.3 Å². The third kappa shape index (κ3) is 5.49. The van der Waals surface area contributed by atoms with Crippen LogP contribution in [0.3, 0.4) is 0 Å². The van der Waals surface area contributed by atoms with Gasteiger partial charge < -0.3 is 4.74 Å². The van der Waals surface area contributed by atoms with Gasteiger partial charge in [0, 0.05) is 23.2 Å². The van der Waals surface area contributed by atoms with E-state index in [0.717, 1.165) is 0 Å². The van der Waals surface area contributed by atoms with Crippen LogP contribution in [0.25, 0.3) is 0 Å². The summed E-state index contributed by atoms with van der Waals surface area (Å²) in [5.74, 6) is 0. The number of carbonyl (C=O) groups excluding carboxylic acids is 1. The Labute approximate surface area is 57.5 Å². The van der Waals surface area contributed by atoms with Gasteiger partial charge in [0.2, 0.25) is 0 Å². The monoisotopic (exact) mass is 150 g/mol. The van der Waals surface area contributed by atoms with Gasteiger partial charge >= 0.3 is 6.09 Å². The van der Waals surface area contributed by atoms with Crippen molar-refractivity contribution in [2.75, 3.05) is 19.1 Å². The molecular weight excluding hydrogens is 138 g/mol. The van der Waals surface area contributed by atoms with Gasteiger partial charge in [0.05, 0.1) is 6.61 Å². The number of ether oxygens (including phenoxy) is 1. The molecule has 54 valence electrons. The van der Waals surface area contributed by atoms with Crippen molar-refractivity contribution in [3.63, 3.8) is 0 Å². The lowest BCUT2D eigenvalue weighted by atomic mass is 10.9. The lowest BCUT2D eigenvalue weighted by Crippen LogP contribution is -2.74. The zero-order valence-corrected chi connectivity index (χ0v) is 6.75. The fourth-order valence-electron chi connectivity index (χ4n) is 0.327. The summed E-state index contributed by atoms with van der Waals surface area (Å²) in [6.07, 6.45) is 3.50. The predicted molar refractivity (Wildman–Crippen MR) is 37.2 cm³/mol. The van der Waals surface area contributed by atoms with E-state index >= 15 is 0 Å². The Hall–Kier alpha value is -0.380. The number of rotatable bonds is 1. The summed E-state index contributed by atoms with van der Waals surface area (Å²) in [5.41, 5.74) is 0. The average Bonchev–Trinajstić information content (AvgIpc) is 1.63. The van der Waals surface area contributed by atoms with Gasteiger partial charge in [-0.25, -0.2) is 0 Å². The Morgan fingerprint density at radius 2 is 2.22 bits per heavy atom. The number of carbonyl (C=O) groups is 1. The lowest BCUT2D eigenvalue weighted by molar-refractivity contribution is -0.339. The van der Waals surface area contributed by atoms with Crippen molar-refractivity contribution in [1.82, 2.24) is 0 Å². The minimum Gasteiger partial charge on any atom is -0.412 e. The van der Waals surface area contributed by atoms with Crippen LogP contribution < -0.4 is 4.36 Å². The number of amides is 1. The second-order valence-corrected chi connectivity index (χ2v) is 3.48. The fraction of sp³-hybridized carbons (Fsp3) is 0.800. The van der Waals surface area contributed by atoms with Crippen molar-refractivity contribution in [3.05, 3.63) is 0 Å².